The van der Waals surface area contributed by atoms with E-state index in [0.717, 1.165) is 4.90 Å². The van der Waals surface area contributed by atoms with E-state index in [2.05, 4.69) is 15.9 Å². The molecule has 4 aliphatic rings. The summed E-state index contributed by atoms with van der Waals surface area (Å²) in [5.74, 6) is -6.86. The summed E-state index contributed by atoms with van der Waals surface area (Å²) in [6, 6.07) is 4.67. The predicted molar refractivity (Wildman–Crippen MR) is 122 cm³/mol. The number of phenols is 1. The Morgan fingerprint density at radius 1 is 1.15 bits per heavy atom. The number of ether oxygens (including phenoxy) is 1. The number of carbonyl (C=O) groups is 4. The number of rotatable bonds is 3. The molecule has 2 N–H and O–H groups in total. The fourth-order valence-electron chi connectivity index (χ4n) is 6.02. The Kier molecular flexibility index (Phi) is 5.33. The molecule has 0 aromatic heterocycles. The smallest absolute Gasteiger partial charge is 0.257 e. The van der Waals surface area contributed by atoms with Gasteiger partial charge in [0.25, 0.3) is 23.6 Å². The van der Waals surface area contributed by atoms with Gasteiger partial charge in [-0.05, 0) is 24.8 Å². The predicted octanol–water partition coefficient (Wildman–Crippen LogP) is 2.50. The molecule has 2 heterocycles. The molecule has 1 aromatic rings. The maximum absolute atomic E-state index is 13.6. The Labute approximate surface area is 212 Å². The molecule has 34 heavy (non-hydrogen) atoms. The van der Waals surface area contributed by atoms with Crippen molar-refractivity contribution >= 4 is 62.8 Å². The van der Waals surface area contributed by atoms with E-state index in [0.29, 0.717) is 5.57 Å². The fourth-order valence-corrected chi connectivity index (χ4v) is 7.44. The van der Waals surface area contributed by atoms with Crippen molar-refractivity contribution in [2.75, 3.05) is 12.6 Å². The highest BCUT2D eigenvalue weighted by Gasteiger charge is 2.76. The topological polar surface area (TPSA) is 124 Å². The van der Waals surface area contributed by atoms with Gasteiger partial charge in [-0.15, -0.1) is 23.2 Å². The van der Waals surface area contributed by atoms with Crippen LogP contribution in [0.4, 0.5) is 0 Å². The molecule has 2 saturated heterocycles. The van der Waals surface area contributed by atoms with Crippen molar-refractivity contribution in [3.8, 4) is 11.5 Å². The zero-order valence-corrected chi connectivity index (χ0v) is 20.8. The number of hydrogen-bond donors (Lipinski definition) is 2. The number of allylic oxidation sites excluding steroid dienone is 2. The summed E-state index contributed by atoms with van der Waals surface area (Å²) in [4.78, 5) is 49.2. The lowest BCUT2D eigenvalue weighted by atomic mass is 9.56. The van der Waals surface area contributed by atoms with Crippen molar-refractivity contribution in [3.63, 3.8) is 0 Å². The molecular weight excluding hydrogens is 555 g/mol. The van der Waals surface area contributed by atoms with E-state index in [-0.39, 0.29) is 40.4 Å². The number of imide groups is 2. The Morgan fingerprint density at radius 2 is 1.85 bits per heavy atom. The van der Waals surface area contributed by atoms with Crippen molar-refractivity contribution in [1.29, 1.82) is 0 Å². The molecule has 12 heteroatoms. The Balaban J connectivity index is 1.78. The molecule has 9 nitrogen and oxygen atoms in total. The van der Waals surface area contributed by atoms with E-state index in [1.165, 1.54) is 13.2 Å². The number of hydrogen-bond acceptors (Lipinski definition) is 7. The average molecular weight is 574 g/mol. The van der Waals surface area contributed by atoms with E-state index in [9.17, 15) is 29.5 Å². The van der Waals surface area contributed by atoms with Crippen LogP contribution in [0, 0.1) is 17.8 Å². The first-order valence-corrected chi connectivity index (χ1v) is 12.3. The zero-order valence-electron chi connectivity index (χ0n) is 17.7. The zero-order chi connectivity index (χ0) is 24.7. The van der Waals surface area contributed by atoms with Gasteiger partial charge in [-0.3, -0.25) is 29.3 Å². The second-order valence-electron chi connectivity index (χ2n) is 8.87. The van der Waals surface area contributed by atoms with Gasteiger partial charge < -0.3 is 9.84 Å². The molecule has 5 rings (SSSR count). The number of methoxy groups -OCH3 is 1. The van der Waals surface area contributed by atoms with Gasteiger partial charge in [-0.25, -0.2) is 0 Å². The number of phenolic OH excluding ortho intramolecular Hbond substituents is 1. The molecule has 1 aromatic carbocycles. The lowest BCUT2D eigenvalue weighted by Crippen LogP contribution is -2.60. The highest BCUT2D eigenvalue weighted by molar-refractivity contribution is 9.09. The second kappa shape index (κ2) is 7.68. The number of nitrogens with zero attached hydrogens (tertiary/aromatic N) is 2. The minimum Gasteiger partial charge on any atom is -0.504 e. The molecule has 2 aliphatic heterocycles. The maximum atomic E-state index is 13.6. The van der Waals surface area contributed by atoms with Crippen LogP contribution in [0.1, 0.15) is 24.3 Å². The number of fused-ring (bicyclic) bond motifs is 4. The molecule has 2 aliphatic carbocycles. The van der Waals surface area contributed by atoms with Gasteiger partial charge >= 0.3 is 0 Å². The molecule has 6 atom stereocenters. The van der Waals surface area contributed by atoms with Gasteiger partial charge in [0.2, 0.25) is 0 Å². The summed E-state index contributed by atoms with van der Waals surface area (Å²) in [7, 11) is 1.37. The maximum Gasteiger partial charge on any atom is 0.257 e. The van der Waals surface area contributed by atoms with Crippen LogP contribution < -0.4 is 4.74 Å². The Morgan fingerprint density at radius 3 is 2.50 bits per heavy atom. The molecule has 1 saturated carbocycles. The normalized spacial score (nSPS) is 36.9. The monoisotopic (exact) mass is 572 g/mol. The molecule has 0 spiro atoms. The molecule has 0 unspecified atom stereocenters. The van der Waals surface area contributed by atoms with Crippen molar-refractivity contribution in [2.24, 2.45) is 17.8 Å². The summed E-state index contributed by atoms with van der Waals surface area (Å²) in [5.41, 5.74) is 0.552. The van der Waals surface area contributed by atoms with Crippen molar-refractivity contribution in [1.82, 2.24) is 9.96 Å². The number of likely N-dealkylation sites (tertiary alicyclic amines) is 1. The molecule has 4 amide bonds. The SMILES string of the molecule is COc1cccc([C@H]2C3=CC[C@@H]4C(=O)N(O)C(=O)[C@@H]4[C@@H]3C[C@@]3(Cl)C(=O)N(CBr)C(=O)[C@@]23Cl)c1O. The molecular formula is C22H19BrCl2N2O7. The standard InChI is InChI=1S/C22H19BrCl2N2O7/c1-34-13-4-2-3-11(16(13)28)15-9-5-6-10-14(18(30)27(33)17(10)29)12(9)7-21(24)19(31)26(8-23)20(32)22(15,21)25/h2-5,10,12,14-15,28,33H,6-8H2,1H3/t10-,12+,14-,15+,21+,22-/m0/s1. The van der Waals surface area contributed by atoms with Gasteiger partial charge in [-0.2, -0.15) is 5.06 Å². The van der Waals surface area contributed by atoms with Crippen LogP contribution in [-0.2, 0) is 19.2 Å². The summed E-state index contributed by atoms with van der Waals surface area (Å²) < 4.78 is 5.23. The number of halogens is 3. The highest BCUT2D eigenvalue weighted by Crippen LogP contribution is 2.66. The van der Waals surface area contributed by atoms with E-state index in [1.807, 2.05) is 0 Å². The van der Waals surface area contributed by atoms with Gasteiger partial charge in [0.05, 0.1) is 24.4 Å². The first-order valence-electron chi connectivity index (χ1n) is 10.5. The number of benzene rings is 1. The van der Waals surface area contributed by atoms with E-state index in [1.54, 1.807) is 18.2 Å². The second-order valence-corrected chi connectivity index (χ2v) is 10.6. The van der Waals surface area contributed by atoms with Crippen LogP contribution in [0.2, 0.25) is 0 Å². The third-order valence-corrected chi connectivity index (χ3v) is 9.47. The lowest BCUT2D eigenvalue weighted by Gasteiger charge is -2.50. The number of para-hydroxylation sites is 1. The van der Waals surface area contributed by atoms with Crippen LogP contribution in [0.5, 0.6) is 11.5 Å². The summed E-state index contributed by atoms with van der Waals surface area (Å²) in [6.07, 6.45) is 1.62. The molecule has 0 radical (unpaired) electrons. The summed E-state index contributed by atoms with van der Waals surface area (Å²) >= 11 is 17.2. The van der Waals surface area contributed by atoms with Crippen molar-refractivity contribution in [3.05, 3.63) is 35.4 Å². The minimum absolute atomic E-state index is 0.111. The van der Waals surface area contributed by atoms with Crippen LogP contribution in [0.25, 0.3) is 0 Å². The third-order valence-electron chi connectivity index (χ3n) is 7.55. The molecule has 180 valence electrons. The number of hydroxylamine groups is 2. The third kappa shape index (κ3) is 2.65. The fraction of sp³-hybridized carbons (Fsp3) is 0.455. The average Bonchev–Trinajstić information content (AvgIpc) is 3.12. The first kappa shape index (κ1) is 23.6. The van der Waals surface area contributed by atoms with Crippen LogP contribution >= 0.6 is 39.1 Å². The molecule has 0 bridgehead atoms. The highest BCUT2D eigenvalue weighted by atomic mass is 79.9. The lowest BCUT2D eigenvalue weighted by molar-refractivity contribution is -0.173. The van der Waals surface area contributed by atoms with Crippen LogP contribution in [-0.4, -0.2) is 66.2 Å². The van der Waals surface area contributed by atoms with E-state index in [4.69, 9.17) is 27.9 Å². The Bertz CT molecular complexity index is 1190. The number of amides is 4. The largest absolute Gasteiger partial charge is 0.504 e. The summed E-state index contributed by atoms with van der Waals surface area (Å²) in [5, 5.41) is 21.1. The van der Waals surface area contributed by atoms with Gasteiger partial charge in [0, 0.05) is 11.5 Å². The van der Waals surface area contributed by atoms with E-state index < -0.39 is 57.0 Å². The molecule has 3 fully saturated rings. The van der Waals surface area contributed by atoms with E-state index >= 15 is 0 Å². The number of carbonyl (C=O) groups excluding carboxylic acids is 4. The number of aromatic hydroxyl groups is 1. The number of alkyl halides is 3. The van der Waals surface area contributed by atoms with Crippen molar-refractivity contribution < 1.29 is 34.2 Å². The van der Waals surface area contributed by atoms with Gasteiger partial charge in [0.1, 0.15) is 0 Å². The first-order chi connectivity index (χ1) is 16.0. The van der Waals surface area contributed by atoms with Crippen LogP contribution in [0.3, 0.4) is 0 Å². The van der Waals surface area contributed by atoms with Crippen LogP contribution in [0.15, 0.2) is 29.8 Å². The quantitative estimate of drug-likeness (QED) is 0.187. The van der Waals surface area contributed by atoms with Gasteiger partial charge in [-0.1, -0.05) is 39.7 Å². The summed E-state index contributed by atoms with van der Waals surface area (Å²) in [6.45, 7) is 0. The van der Waals surface area contributed by atoms with Crippen molar-refractivity contribution in [2.45, 2.75) is 28.5 Å². The Hall–Kier alpha value is -2.14. The van der Waals surface area contributed by atoms with Gasteiger partial charge in [0.15, 0.2) is 21.2 Å². The minimum atomic E-state index is -2.02.